The summed E-state index contributed by atoms with van der Waals surface area (Å²) in [6, 6.07) is 4.02. The Balaban J connectivity index is 1.99. The van der Waals surface area contributed by atoms with Crippen molar-refractivity contribution in [1.82, 2.24) is 19.1 Å². The summed E-state index contributed by atoms with van der Waals surface area (Å²) < 4.78 is 8.58. The van der Waals surface area contributed by atoms with Crippen LogP contribution in [0.5, 0.6) is 0 Å². The van der Waals surface area contributed by atoms with E-state index in [4.69, 9.17) is 4.74 Å². The number of hydrogen-bond acceptors (Lipinski definition) is 5. The van der Waals surface area contributed by atoms with Gasteiger partial charge in [-0.3, -0.25) is 9.36 Å². The molecule has 0 aromatic heterocycles. The fraction of sp³-hybridized carbons (Fsp3) is 0.474. The first-order valence-electron chi connectivity index (χ1n) is 9.27. The molecule has 3 aliphatic heterocycles. The van der Waals surface area contributed by atoms with Crippen molar-refractivity contribution in [2.75, 3.05) is 6.54 Å². The van der Waals surface area contributed by atoms with Gasteiger partial charge in [0.05, 0.1) is 36.3 Å². The van der Waals surface area contributed by atoms with Gasteiger partial charge in [-0.15, -0.1) is 0 Å². The number of nitrogens with zero attached hydrogens (tertiary/aromatic N) is 4. The number of aromatic nitrogens is 4. The van der Waals surface area contributed by atoms with Crippen molar-refractivity contribution in [1.29, 1.82) is 0 Å². The van der Waals surface area contributed by atoms with Crippen LogP contribution in [0, 0.1) is 13.8 Å². The van der Waals surface area contributed by atoms with Crippen molar-refractivity contribution in [3.05, 3.63) is 44.1 Å². The summed E-state index contributed by atoms with van der Waals surface area (Å²) in [6.45, 7) is 7.37. The molecule has 142 valence electrons. The summed E-state index contributed by atoms with van der Waals surface area (Å²) in [7, 11) is 0. The molecule has 3 aliphatic rings. The van der Waals surface area contributed by atoms with E-state index in [0.29, 0.717) is 18.9 Å². The van der Waals surface area contributed by atoms with Crippen LogP contribution in [0.25, 0.3) is 22.6 Å². The minimum atomic E-state index is -0.550. The Labute approximate surface area is 156 Å². The predicted molar refractivity (Wildman–Crippen MR) is 101 cm³/mol. The summed E-state index contributed by atoms with van der Waals surface area (Å²) in [6.07, 6.45) is 1.26. The monoisotopic (exact) mass is 370 g/mol. The number of fused-ring (bicyclic) bond motifs is 2. The lowest BCUT2D eigenvalue weighted by atomic mass is 10.1. The Hall–Kier alpha value is -2.58. The van der Waals surface area contributed by atoms with Crippen LogP contribution in [0.3, 0.4) is 0 Å². The largest absolute Gasteiger partial charge is 0.370 e. The molecule has 4 rings (SSSR count). The third-order valence-corrected chi connectivity index (χ3v) is 5.32. The van der Waals surface area contributed by atoms with E-state index >= 15 is 0 Å². The van der Waals surface area contributed by atoms with E-state index in [9.17, 15) is 9.59 Å². The van der Waals surface area contributed by atoms with Crippen LogP contribution in [-0.2, 0) is 17.8 Å². The van der Waals surface area contributed by atoms with Crippen LogP contribution >= 0.6 is 0 Å². The van der Waals surface area contributed by atoms with Crippen molar-refractivity contribution < 1.29 is 10.5 Å². The fourth-order valence-electron chi connectivity index (χ4n) is 3.50. The molecule has 27 heavy (non-hydrogen) atoms. The van der Waals surface area contributed by atoms with Crippen molar-refractivity contribution in [2.24, 2.45) is 0 Å². The highest BCUT2D eigenvalue weighted by atomic mass is 16.6. The Morgan fingerprint density at radius 3 is 2.48 bits per heavy atom. The summed E-state index contributed by atoms with van der Waals surface area (Å²) in [4.78, 5) is 34.1. The first-order valence-corrected chi connectivity index (χ1v) is 9.27. The van der Waals surface area contributed by atoms with Crippen molar-refractivity contribution in [3.63, 3.8) is 0 Å². The minimum Gasteiger partial charge on any atom is -0.370 e. The van der Waals surface area contributed by atoms with Gasteiger partial charge in [0.2, 0.25) is 0 Å². The zero-order chi connectivity index (χ0) is 19.3. The van der Waals surface area contributed by atoms with Gasteiger partial charge in [0.1, 0.15) is 0 Å². The smallest absolute Gasteiger partial charge is 0.352 e. The Morgan fingerprint density at radius 2 is 1.81 bits per heavy atom. The lowest BCUT2D eigenvalue weighted by molar-refractivity contribution is -0.370. The molecule has 0 saturated carbocycles. The first kappa shape index (κ1) is 17.8. The average molecular weight is 370 g/mol. The molecule has 3 heterocycles. The second kappa shape index (κ2) is 6.54. The van der Waals surface area contributed by atoms with Crippen LogP contribution in [0.4, 0.5) is 0 Å². The standard InChI is InChI=1S/C19H23N5O3/c1-10-8-13-14(9-11(10)2)23(6-4-15-12(3)27-15)17-16(21-13)18(25)24(7-5-20)19(26)22-17/h8-9,12,15H,4-7,20H2,1-3H3/p+1. The molecule has 8 heteroatoms. The molecule has 2 atom stereocenters. The zero-order valence-corrected chi connectivity index (χ0v) is 15.9. The van der Waals surface area contributed by atoms with Gasteiger partial charge in [0.15, 0.2) is 11.5 Å². The van der Waals surface area contributed by atoms with E-state index in [0.717, 1.165) is 33.1 Å². The maximum absolute atomic E-state index is 12.9. The average Bonchev–Trinajstić information content (AvgIpc) is 3.33. The van der Waals surface area contributed by atoms with Gasteiger partial charge in [0, 0.05) is 6.54 Å². The van der Waals surface area contributed by atoms with Crippen LogP contribution in [0.1, 0.15) is 24.5 Å². The maximum Gasteiger partial charge on any atom is 0.352 e. The highest BCUT2D eigenvalue weighted by molar-refractivity contribution is 5.81. The number of hydrogen-bond donors (Lipinski definition) is 1. The number of epoxide rings is 1. The number of quaternary nitrogens is 1. The van der Waals surface area contributed by atoms with Gasteiger partial charge in [-0.1, -0.05) is 0 Å². The molecular formula is C19H24N5O3+. The number of ether oxygens (including phenoxy) is 1. The SMILES string of the molecule is Cc1cc2nc3c(=O)n(CC[NH3+])c(=O)nc-3n(CCC3OC3C)c2cc1C. The Morgan fingerprint density at radius 1 is 1.11 bits per heavy atom. The van der Waals surface area contributed by atoms with Gasteiger partial charge in [-0.05, 0) is 50.5 Å². The Kier molecular flexibility index (Phi) is 4.32. The molecule has 0 aliphatic carbocycles. The number of benzene rings is 1. The van der Waals surface area contributed by atoms with E-state index < -0.39 is 11.2 Å². The lowest BCUT2D eigenvalue weighted by Gasteiger charge is -2.18. The minimum absolute atomic E-state index is 0.209. The molecule has 1 aromatic carbocycles. The van der Waals surface area contributed by atoms with Crippen molar-refractivity contribution in [2.45, 2.75) is 52.5 Å². The first-order chi connectivity index (χ1) is 12.9. The summed E-state index contributed by atoms with van der Waals surface area (Å²) in [5.74, 6) is 0.342. The zero-order valence-electron chi connectivity index (χ0n) is 15.9. The van der Waals surface area contributed by atoms with E-state index in [-0.39, 0.29) is 24.4 Å². The van der Waals surface area contributed by atoms with Crippen LogP contribution < -0.4 is 17.0 Å². The summed E-state index contributed by atoms with van der Waals surface area (Å²) in [5.41, 5.74) is 6.84. The fourth-order valence-corrected chi connectivity index (χ4v) is 3.50. The summed E-state index contributed by atoms with van der Waals surface area (Å²) >= 11 is 0. The van der Waals surface area contributed by atoms with Gasteiger partial charge in [-0.25, -0.2) is 9.78 Å². The van der Waals surface area contributed by atoms with E-state index in [1.165, 1.54) is 0 Å². The molecule has 0 amide bonds. The molecule has 0 spiro atoms. The predicted octanol–water partition coefficient (Wildman–Crippen LogP) is 0.0941. The summed E-state index contributed by atoms with van der Waals surface area (Å²) in [5, 5.41) is 0. The number of rotatable bonds is 5. The lowest BCUT2D eigenvalue weighted by Crippen LogP contribution is -2.54. The molecule has 1 aromatic rings. The topological polar surface area (TPSA) is 110 Å². The molecule has 1 fully saturated rings. The van der Waals surface area contributed by atoms with Crippen molar-refractivity contribution >= 4 is 11.0 Å². The van der Waals surface area contributed by atoms with Gasteiger partial charge in [0.25, 0.3) is 5.56 Å². The Bertz CT molecular complexity index is 1120. The normalized spacial score (nSPS) is 19.1. The van der Waals surface area contributed by atoms with Crippen LogP contribution in [0.2, 0.25) is 0 Å². The van der Waals surface area contributed by atoms with Gasteiger partial charge in [-0.2, -0.15) is 4.98 Å². The maximum atomic E-state index is 12.9. The third kappa shape index (κ3) is 3.04. The molecule has 8 nitrogen and oxygen atoms in total. The highest BCUT2D eigenvalue weighted by Gasteiger charge is 2.34. The van der Waals surface area contributed by atoms with Crippen LogP contribution in [0.15, 0.2) is 21.7 Å². The molecule has 3 N–H and O–H groups in total. The quantitative estimate of drug-likeness (QED) is 0.506. The second-order valence-corrected chi connectivity index (χ2v) is 7.23. The molecule has 0 radical (unpaired) electrons. The highest BCUT2D eigenvalue weighted by Crippen LogP contribution is 2.28. The van der Waals surface area contributed by atoms with Crippen LogP contribution in [-0.4, -0.2) is 37.9 Å². The molecule has 1 saturated heterocycles. The van der Waals surface area contributed by atoms with E-state index in [1.807, 2.05) is 37.5 Å². The second-order valence-electron chi connectivity index (χ2n) is 7.23. The number of aryl methyl sites for hydroxylation is 3. The third-order valence-electron chi connectivity index (χ3n) is 5.32. The van der Waals surface area contributed by atoms with E-state index in [1.54, 1.807) is 0 Å². The van der Waals surface area contributed by atoms with Gasteiger partial charge < -0.3 is 15.0 Å². The van der Waals surface area contributed by atoms with E-state index in [2.05, 4.69) is 15.7 Å². The molecule has 0 bridgehead atoms. The van der Waals surface area contributed by atoms with Crippen molar-refractivity contribution in [3.8, 4) is 11.5 Å². The van der Waals surface area contributed by atoms with Gasteiger partial charge >= 0.3 is 5.69 Å². The molecule has 2 unspecified atom stereocenters. The molecular weight excluding hydrogens is 346 g/mol.